The minimum Gasteiger partial charge on any atom is -0.507 e. The summed E-state index contributed by atoms with van der Waals surface area (Å²) in [5.74, 6) is -1.44. The average molecular weight is 477 g/mol. The Labute approximate surface area is 199 Å². The first-order chi connectivity index (χ1) is 16.0. The minimum absolute atomic E-state index is 0.117. The van der Waals surface area contributed by atoms with E-state index < -0.39 is 17.7 Å². The topological polar surface area (TPSA) is 73.4 Å². The van der Waals surface area contributed by atoms with Gasteiger partial charge >= 0.3 is 0 Å². The van der Waals surface area contributed by atoms with Gasteiger partial charge in [0.15, 0.2) is 0 Å². The van der Waals surface area contributed by atoms with Gasteiger partial charge in [0.05, 0.1) is 11.6 Å². The Bertz CT molecular complexity index is 1400. The maximum atomic E-state index is 13.2. The van der Waals surface area contributed by atoms with Crippen molar-refractivity contribution >= 4 is 51.3 Å². The number of aliphatic hydroxyl groups is 1. The van der Waals surface area contributed by atoms with E-state index in [4.69, 9.17) is 11.6 Å². The summed E-state index contributed by atoms with van der Waals surface area (Å²) >= 11 is 7.47. The fourth-order valence-electron chi connectivity index (χ4n) is 4.39. The molecule has 0 radical (unpaired) electrons. The van der Waals surface area contributed by atoms with Crippen LogP contribution >= 0.6 is 22.9 Å². The average Bonchev–Trinajstić information content (AvgIpc) is 3.49. The van der Waals surface area contributed by atoms with Crippen molar-refractivity contribution in [1.82, 2.24) is 9.88 Å². The molecule has 4 aromatic rings. The summed E-state index contributed by atoms with van der Waals surface area (Å²) in [7, 11) is 0. The standard InChI is InChI=1S/C26H21ClN2O3S/c1-15-11-13-33-25(15)22-21(23(30)16-6-8-18(27)9-7-16)24(31)26(32)29(22)12-10-17-14-28-20-5-3-2-4-19(17)20/h2-9,11,13-14,22,28,30H,10,12H2,1H3/b23-21-. The number of halogens is 1. The molecule has 1 amide bonds. The van der Waals surface area contributed by atoms with Gasteiger partial charge in [-0.15, -0.1) is 11.3 Å². The Kier molecular flexibility index (Phi) is 5.56. The number of thiophene rings is 1. The van der Waals surface area contributed by atoms with Crippen molar-refractivity contribution in [3.05, 3.63) is 98.3 Å². The lowest BCUT2D eigenvalue weighted by molar-refractivity contribution is -0.139. The van der Waals surface area contributed by atoms with Crippen LogP contribution in [0.25, 0.3) is 16.7 Å². The van der Waals surface area contributed by atoms with E-state index in [0.717, 1.165) is 26.9 Å². The SMILES string of the molecule is Cc1ccsc1C1/C(=C(/O)c2ccc(Cl)cc2)C(=O)C(=O)N1CCc1c[nH]c2ccccc12. The van der Waals surface area contributed by atoms with Crippen LogP contribution in [-0.2, 0) is 16.0 Å². The molecule has 1 unspecified atom stereocenters. The van der Waals surface area contributed by atoms with Crippen molar-refractivity contribution < 1.29 is 14.7 Å². The highest BCUT2D eigenvalue weighted by molar-refractivity contribution is 7.10. The summed E-state index contributed by atoms with van der Waals surface area (Å²) in [6, 6.07) is 15.9. The molecule has 5 nitrogen and oxygen atoms in total. The number of aromatic nitrogens is 1. The number of H-pyrrole nitrogens is 1. The third-order valence-corrected chi connectivity index (χ3v) is 7.43. The van der Waals surface area contributed by atoms with Gasteiger partial charge in [-0.2, -0.15) is 0 Å². The normalized spacial score (nSPS) is 17.9. The molecule has 166 valence electrons. The molecule has 3 heterocycles. The van der Waals surface area contributed by atoms with Crippen LogP contribution in [-0.4, -0.2) is 33.2 Å². The van der Waals surface area contributed by atoms with Crippen molar-refractivity contribution in [3.63, 3.8) is 0 Å². The monoisotopic (exact) mass is 476 g/mol. The third-order valence-electron chi connectivity index (χ3n) is 6.10. The Morgan fingerprint density at radius 2 is 1.88 bits per heavy atom. The quantitative estimate of drug-likeness (QED) is 0.215. The number of amides is 1. The fraction of sp³-hybridized carbons (Fsp3) is 0.154. The number of carbonyl (C=O) groups excluding carboxylic acids is 2. The minimum atomic E-state index is -0.667. The van der Waals surface area contributed by atoms with Gasteiger partial charge in [-0.3, -0.25) is 9.59 Å². The number of Topliss-reactive ketones (excluding diaryl/α,β-unsaturated/α-hetero) is 1. The zero-order valence-corrected chi connectivity index (χ0v) is 19.4. The van der Waals surface area contributed by atoms with Crippen LogP contribution in [0.3, 0.4) is 0 Å². The lowest BCUT2D eigenvalue weighted by Crippen LogP contribution is -2.31. The van der Waals surface area contributed by atoms with Gasteiger partial charge in [0, 0.05) is 39.1 Å². The Morgan fingerprint density at radius 1 is 1.12 bits per heavy atom. The van der Waals surface area contributed by atoms with E-state index >= 15 is 0 Å². The Morgan fingerprint density at radius 3 is 2.61 bits per heavy atom. The maximum absolute atomic E-state index is 13.2. The van der Waals surface area contributed by atoms with Crippen LogP contribution < -0.4 is 0 Å². The highest BCUT2D eigenvalue weighted by Crippen LogP contribution is 2.42. The van der Waals surface area contributed by atoms with Crippen molar-refractivity contribution in [2.24, 2.45) is 0 Å². The van der Waals surface area contributed by atoms with Crippen molar-refractivity contribution in [1.29, 1.82) is 0 Å². The largest absolute Gasteiger partial charge is 0.507 e. The molecule has 2 aromatic heterocycles. The highest BCUT2D eigenvalue weighted by Gasteiger charge is 2.46. The summed E-state index contributed by atoms with van der Waals surface area (Å²) in [5, 5.41) is 14.7. The summed E-state index contributed by atoms with van der Waals surface area (Å²) in [6.07, 6.45) is 2.53. The van der Waals surface area contributed by atoms with E-state index in [0.29, 0.717) is 23.6 Å². The number of aromatic amines is 1. The summed E-state index contributed by atoms with van der Waals surface area (Å²) in [6.45, 7) is 2.31. The molecule has 2 N–H and O–H groups in total. The molecule has 7 heteroatoms. The predicted molar refractivity (Wildman–Crippen MR) is 132 cm³/mol. The van der Waals surface area contributed by atoms with Crippen LogP contribution in [0.1, 0.15) is 27.6 Å². The van der Waals surface area contributed by atoms with Crippen LogP contribution in [0.15, 0.2) is 71.7 Å². The van der Waals surface area contributed by atoms with E-state index in [-0.39, 0.29) is 11.3 Å². The number of aryl methyl sites for hydroxylation is 1. The van der Waals surface area contributed by atoms with Gasteiger partial charge in [-0.1, -0.05) is 29.8 Å². The molecule has 1 saturated heterocycles. The van der Waals surface area contributed by atoms with Crippen molar-refractivity contribution in [2.75, 3.05) is 6.54 Å². The number of hydrogen-bond donors (Lipinski definition) is 2. The summed E-state index contributed by atoms with van der Waals surface area (Å²) in [4.78, 5) is 32.0. The molecular weight excluding hydrogens is 456 g/mol. The van der Waals surface area contributed by atoms with Crippen molar-refractivity contribution in [3.8, 4) is 0 Å². The second kappa shape index (κ2) is 8.54. The van der Waals surface area contributed by atoms with E-state index in [1.165, 1.54) is 11.3 Å². The highest BCUT2D eigenvalue weighted by atomic mass is 35.5. The number of benzene rings is 2. The second-order valence-electron chi connectivity index (χ2n) is 8.08. The van der Waals surface area contributed by atoms with E-state index in [9.17, 15) is 14.7 Å². The lowest BCUT2D eigenvalue weighted by atomic mass is 9.98. The summed E-state index contributed by atoms with van der Waals surface area (Å²) < 4.78 is 0. The molecule has 1 atom stereocenters. The van der Waals surface area contributed by atoms with E-state index in [1.807, 2.05) is 48.8 Å². The number of aliphatic hydroxyl groups excluding tert-OH is 1. The maximum Gasteiger partial charge on any atom is 0.295 e. The van der Waals surface area contributed by atoms with Gasteiger partial charge in [-0.25, -0.2) is 0 Å². The predicted octanol–water partition coefficient (Wildman–Crippen LogP) is 5.86. The molecule has 1 fully saturated rings. The van der Waals surface area contributed by atoms with Gasteiger partial charge in [0.25, 0.3) is 11.7 Å². The molecule has 0 saturated carbocycles. The third kappa shape index (κ3) is 3.75. The molecule has 5 rings (SSSR count). The molecule has 2 aromatic carbocycles. The fourth-order valence-corrected chi connectivity index (χ4v) is 5.56. The molecular formula is C26H21ClN2O3S. The Balaban J connectivity index is 1.56. The first-order valence-electron chi connectivity index (χ1n) is 10.6. The van der Waals surface area contributed by atoms with Crippen LogP contribution in [0.5, 0.6) is 0 Å². The molecule has 0 spiro atoms. The Hall–Kier alpha value is -3.35. The first kappa shape index (κ1) is 21.5. The number of nitrogens with one attached hydrogen (secondary N) is 1. The van der Waals surface area contributed by atoms with Crippen LogP contribution in [0.2, 0.25) is 5.02 Å². The lowest BCUT2D eigenvalue weighted by Gasteiger charge is -2.25. The smallest absolute Gasteiger partial charge is 0.295 e. The van der Waals surface area contributed by atoms with Gasteiger partial charge in [0.2, 0.25) is 0 Å². The molecule has 0 aliphatic carbocycles. The number of hydrogen-bond acceptors (Lipinski definition) is 4. The number of carbonyl (C=O) groups is 2. The van der Waals surface area contributed by atoms with Gasteiger partial charge < -0.3 is 15.0 Å². The first-order valence-corrected chi connectivity index (χ1v) is 11.8. The zero-order valence-electron chi connectivity index (χ0n) is 17.8. The molecule has 0 bridgehead atoms. The number of para-hydroxylation sites is 1. The molecule has 33 heavy (non-hydrogen) atoms. The second-order valence-corrected chi connectivity index (χ2v) is 9.46. The van der Waals surface area contributed by atoms with Crippen LogP contribution in [0.4, 0.5) is 0 Å². The zero-order chi connectivity index (χ0) is 23.1. The number of ketones is 1. The van der Waals surface area contributed by atoms with E-state index in [2.05, 4.69) is 4.98 Å². The van der Waals surface area contributed by atoms with E-state index in [1.54, 1.807) is 29.2 Å². The van der Waals surface area contributed by atoms with Gasteiger partial charge in [-0.05, 0) is 66.2 Å². The molecule has 1 aliphatic heterocycles. The number of nitrogens with zero attached hydrogens (tertiary/aromatic N) is 1. The number of likely N-dealkylation sites (tertiary alicyclic amines) is 1. The van der Waals surface area contributed by atoms with Crippen molar-refractivity contribution in [2.45, 2.75) is 19.4 Å². The summed E-state index contributed by atoms with van der Waals surface area (Å²) in [5.41, 5.74) is 3.65. The van der Waals surface area contributed by atoms with Gasteiger partial charge in [0.1, 0.15) is 5.76 Å². The number of rotatable bonds is 5. The molecule has 1 aliphatic rings. The number of fused-ring (bicyclic) bond motifs is 1. The van der Waals surface area contributed by atoms with Crippen LogP contribution in [0, 0.1) is 6.92 Å².